The Kier molecular flexibility index (Phi) is 4.57. The van der Waals surface area contributed by atoms with Crippen LogP contribution in [0, 0.1) is 6.92 Å². The molecule has 4 rings (SSSR count). The number of aromatic nitrogens is 2. The predicted molar refractivity (Wildman–Crippen MR) is 103 cm³/mol. The molecule has 2 aromatic carbocycles. The number of carbonyl (C=O) groups excluding carboxylic acids is 1. The second kappa shape index (κ2) is 7.16. The van der Waals surface area contributed by atoms with Crippen molar-refractivity contribution in [3.63, 3.8) is 0 Å². The molecule has 0 spiro atoms. The molecule has 26 heavy (non-hydrogen) atoms. The highest BCUT2D eigenvalue weighted by atomic mass is 16.2. The Bertz CT molecular complexity index is 901. The van der Waals surface area contributed by atoms with Crippen LogP contribution in [-0.4, -0.2) is 34.1 Å². The van der Waals surface area contributed by atoms with Crippen molar-refractivity contribution in [3.8, 4) is 11.1 Å². The van der Waals surface area contributed by atoms with E-state index in [0.29, 0.717) is 5.92 Å². The maximum atomic E-state index is 13.1. The Morgan fingerprint density at radius 2 is 2.04 bits per heavy atom. The molecule has 4 heteroatoms. The van der Waals surface area contributed by atoms with Crippen LogP contribution in [0.3, 0.4) is 0 Å². The van der Waals surface area contributed by atoms with Gasteiger partial charge in [-0.05, 0) is 54.7 Å². The lowest BCUT2D eigenvalue weighted by Gasteiger charge is -2.32. The minimum absolute atomic E-state index is 0.115. The number of rotatable bonds is 3. The van der Waals surface area contributed by atoms with E-state index in [1.54, 1.807) is 6.20 Å². The zero-order chi connectivity index (χ0) is 17.9. The molecule has 3 aromatic rings. The SMILES string of the molecule is Cc1ccccc1-c1cccc(C(=O)N2CCC[C@@H](c3ccn[nH]3)C2)c1. The van der Waals surface area contributed by atoms with Crippen molar-refractivity contribution in [1.29, 1.82) is 0 Å². The van der Waals surface area contributed by atoms with Crippen LogP contribution in [0.5, 0.6) is 0 Å². The monoisotopic (exact) mass is 345 g/mol. The summed E-state index contributed by atoms with van der Waals surface area (Å²) in [4.78, 5) is 15.1. The van der Waals surface area contributed by atoms with E-state index in [4.69, 9.17) is 0 Å². The van der Waals surface area contributed by atoms with Gasteiger partial charge in [0.25, 0.3) is 5.91 Å². The van der Waals surface area contributed by atoms with Crippen molar-refractivity contribution in [2.45, 2.75) is 25.7 Å². The van der Waals surface area contributed by atoms with Crippen molar-refractivity contribution in [3.05, 3.63) is 77.6 Å². The van der Waals surface area contributed by atoms with Gasteiger partial charge >= 0.3 is 0 Å². The lowest BCUT2D eigenvalue weighted by molar-refractivity contribution is 0.0706. The molecule has 0 bridgehead atoms. The van der Waals surface area contributed by atoms with E-state index in [9.17, 15) is 4.79 Å². The van der Waals surface area contributed by atoms with Gasteiger partial charge in [-0.15, -0.1) is 0 Å². The summed E-state index contributed by atoms with van der Waals surface area (Å²) in [5.74, 6) is 0.458. The summed E-state index contributed by atoms with van der Waals surface area (Å²) in [6, 6.07) is 18.3. The van der Waals surface area contributed by atoms with E-state index < -0.39 is 0 Å². The zero-order valence-electron chi connectivity index (χ0n) is 15.0. The summed E-state index contributed by atoms with van der Waals surface area (Å²) in [6.45, 7) is 3.66. The number of aromatic amines is 1. The van der Waals surface area contributed by atoms with Crippen molar-refractivity contribution >= 4 is 5.91 Å². The Hall–Kier alpha value is -2.88. The molecule has 0 unspecified atom stereocenters. The van der Waals surface area contributed by atoms with Gasteiger partial charge in [-0.1, -0.05) is 36.4 Å². The van der Waals surface area contributed by atoms with E-state index in [1.807, 2.05) is 41.3 Å². The molecule has 1 fully saturated rings. The third-order valence-electron chi connectivity index (χ3n) is 5.24. The normalized spacial score (nSPS) is 17.3. The number of likely N-dealkylation sites (tertiary alicyclic amines) is 1. The van der Waals surface area contributed by atoms with E-state index in [2.05, 4.69) is 35.3 Å². The van der Waals surface area contributed by atoms with Gasteiger partial charge < -0.3 is 4.90 Å². The highest BCUT2D eigenvalue weighted by Gasteiger charge is 2.26. The molecule has 1 aliphatic heterocycles. The first kappa shape index (κ1) is 16.6. The van der Waals surface area contributed by atoms with Crippen LogP contribution in [0.25, 0.3) is 11.1 Å². The summed E-state index contributed by atoms with van der Waals surface area (Å²) >= 11 is 0. The maximum Gasteiger partial charge on any atom is 0.253 e. The molecule has 4 nitrogen and oxygen atoms in total. The Morgan fingerprint density at radius 3 is 2.85 bits per heavy atom. The molecular formula is C22H23N3O. The number of H-pyrrole nitrogens is 1. The maximum absolute atomic E-state index is 13.1. The van der Waals surface area contributed by atoms with Gasteiger partial charge in [0.15, 0.2) is 0 Å². The van der Waals surface area contributed by atoms with Gasteiger partial charge in [0.05, 0.1) is 0 Å². The number of hydrogen-bond donors (Lipinski definition) is 1. The molecule has 1 aromatic heterocycles. The molecule has 1 saturated heterocycles. The van der Waals surface area contributed by atoms with Crippen molar-refractivity contribution in [2.24, 2.45) is 0 Å². The van der Waals surface area contributed by atoms with Gasteiger partial charge in [0.1, 0.15) is 0 Å². The van der Waals surface area contributed by atoms with Crippen LogP contribution in [-0.2, 0) is 0 Å². The van der Waals surface area contributed by atoms with E-state index in [-0.39, 0.29) is 5.91 Å². The third-order valence-corrected chi connectivity index (χ3v) is 5.24. The zero-order valence-corrected chi connectivity index (χ0v) is 15.0. The smallest absolute Gasteiger partial charge is 0.253 e. The number of carbonyl (C=O) groups is 1. The lowest BCUT2D eigenvalue weighted by atomic mass is 9.94. The molecule has 1 N–H and O–H groups in total. The van der Waals surface area contributed by atoms with Gasteiger partial charge in [0.2, 0.25) is 0 Å². The van der Waals surface area contributed by atoms with Gasteiger partial charge in [0, 0.05) is 36.5 Å². The number of benzene rings is 2. The summed E-state index contributed by atoms with van der Waals surface area (Å²) < 4.78 is 0. The summed E-state index contributed by atoms with van der Waals surface area (Å²) in [6.07, 6.45) is 3.89. The Labute approximate surface area is 153 Å². The summed E-state index contributed by atoms with van der Waals surface area (Å²) in [7, 11) is 0. The topological polar surface area (TPSA) is 49.0 Å². The molecule has 1 aliphatic rings. The summed E-state index contributed by atoms with van der Waals surface area (Å²) in [5, 5.41) is 7.11. The van der Waals surface area contributed by atoms with Gasteiger partial charge in [-0.2, -0.15) is 5.10 Å². The van der Waals surface area contributed by atoms with Crippen LogP contribution in [0.2, 0.25) is 0 Å². The molecule has 0 aliphatic carbocycles. The minimum atomic E-state index is 0.115. The van der Waals surface area contributed by atoms with Gasteiger partial charge in [-0.3, -0.25) is 9.89 Å². The van der Waals surface area contributed by atoms with Crippen LogP contribution in [0.1, 0.15) is 40.4 Å². The molecule has 1 amide bonds. The average Bonchev–Trinajstić information content (AvgIpc) is 3.23. The minimum Gasteiger partial charge on any atom is -0.338 e. The van der Waals surface area contributed by atoms with Crippen LogP contribution >= 0.6 is 0 Å². The first-order valence-electron chi connectivity index (χ1n) is 9.17. The van der Waals surface area contributed by atoms with Crippen molar-refractivity contribution in [1.82, 2.24) is 15.1 Å². The number of nitrogens with one attached hydrogen (secondary N) is 1. The molecule has 2 heterocycles. The second-order valence-electron chi connectivity index (χ2n) is 7.00. The van der Waals surface area contributed by atoms with Crippen molar-refractivity contribution in [2.75, 3.05) is 13.1 Å². The Balaban J connectivity index is 1.57. The number of piperidine rings is 1. The number of aryl methyl sites for hydroxylation is 1. The highest BCUT2D eigenvalue weighted by Crippen LogP contribution is 2.28. The quantitative estimate of drug-likeness (QED) is 0.764. The highest BCUT2D eigenvalue weighted by molar-refractivity contribution is 5.95. The van der Waals surface area contributed by atoms with E-state index >= 15 is 0 Å². The molecule has 132 valence electrons. The largest absolute Gasteiger partial charge is 0.338 e. The fraction of sp³-hybridized carbons (Fsp3) is 0.273. The number of nitrogens with zero attached hydrogens (tertiary/aromatic N) is 2. The molecular weight excluding hydrogens is 322 g/mol. The lowest BCUT2D eigenvalue weighted by Crippen LogP contribution is -2.39. The predicted octanol–water partition coefficient (Wildman–Crippen LogP) is 4.40. The first-order valence-corrected chi connectivity index (χ1v) is 9.17. The average molecular weight is 345 g/mol. The van der Waals surface area contributed by atoms with E-state index in [0.717, 1.165) is 42.8 Å². The third kappa shape index (κ3) is 3.27. The summed E-state index contributed by atoms with van der Waals surface area (Å²) in [5.41, 5.74) is 5.37. The van der Waals surface area contributed by atoms with E-state index in [1.165, 1.54) is 11.1 Å². The number of hydrogen-bond acceptors (Lipinski definition) is 2. The molecule has 1 atom stereocenters. The fourth-order valence-electron chi connectivity index (χ4n) is 3.81. The Morgan fingerprint density at radius 1 is 1.15 bits per heavy atom. The second-order valence-corrected chi connectivity index (χ2v) is 7.00. The molecule has 0 radical (unpaired) electrons. The first-order chi connectivity index (χ1) is 12.7. The standard InChI is InChI=1S/C22H23N3O/c1-16-6-2-3-10-20(16)17-7-4-8-18(14-17)22(26)25-13-5-9-19(15-25)21-11-12-23-24-21/h2-4,6-8,10-12,14,19H,5,9,13,15H2,1H3,(H,23,24)/t19-/m1/s1. The number of amides is 1. The molecule has 0 saturated carbocycles. The van der Waals surface area contributed by atoms with Gasteiger partial charge in [-0.25, -0.2) is 0 Å². The fourth-order valence-corrected chi connectivity index (χ4v) is 3.81. The van der Waals surface area contributed by atoms with Crippen molar-refractivity contribution < 1.29 is 4.79 Å². The van der Waals surface area contributed by atoms with Crippen LogP contribution in [0.15, 0.2) is 60.8 Å². The van der Waals surface area contributed by atoms with Crippen LogP contribution in [0.4, 0.5) is 0 Å². The van der Waals surface area contributed by atoms with Crippen LogP contribution < -0.4 is 0 Å².